The number of amides is 1. The molecule has 0 spiro atoms. The van der Waals surface area contributed by atoms with Crippen LogP contribution in [0.15, 0.2) is 41.0 Å². The Hall–Kier alpha value is -2.89. The summed E-state index contributed by atoms with van der Waals surface area (Å²) in [6.45, 7) is 3.58. The molecule has 0 aliphatic heterocycles. The van der Waals surface area contributed by atoms with Crippen molar-refractivity contribution in [2.45, 2.75) is 13.8 Å². The largest absolute Gasteiger partial charge is 0.448 e. The van der Waals surface area contributed by atoms with Crippen LogP contribution < -0.4 is 5.32 Å². The Morgan fingerprint density at radius 3 is 2.67 bits per heavy atom. The normalized spacial score (nSPS) is 10.6. The third kappa shape index (κ3) is 2.55. The molecule has 3 aromatic rings. The zero-order valence-electron chi connectivity index (χ0n) is 11.7. The summed E-state index contributed by atoms with van der Waals surface area (Å²) in [5, 5.41) is 9.82. The van der Waals surface area contributed by atoms with Gasteiger partial charge in [-0.05, 0) is 12.5 Å². The maximum absolute atomic E-state index is 12.0. The molecule has 2 N–H and O–H groups in total. The molecule has 0 saturated carbocycles. The minimum absolute atomic E-state index is 0.233. The number of carbonyl (C=O) groups is 1. The fraction of sp³-hybridized carbons (Fsp3) is 0.133. The smallest absolute Gasteiger partial charge is 0.278 e. The van der Waals surface area contributed by atoms with Gasteiger partial charge in [-0.3, -0.25) is 9.89 Å². The number of carbonyl (C=O) groups excluding carboxylic acids is 1. The number of nitrogens with zero attached hydrogens (tertiary/aromatic N) is 2. The number of hydrogen-bond acceptors (Lipinski definition) is 4. The molecule has 0 saturated heterocycles. The number of benzene rings is 1. The SMILES string of the molecule is Cc1nc(C(=O)Nc2n[nH]c(-c3ccccc3)c2C)co1. The predicted octanol–water partition coefficient (Wildman–Crippen LogP) is 2.93. The van der Waals surface area contributed by atoms with Gasteiger partial charge in [0.1, 0.15) is 6.26 Å². The summed E-state index contributed by atoms with van der Waals surface area (Å²) < 4.78 is 5.03. The summed E-state index contributed by atoms with van der Waals surface area (Å²) >= 11 is 0. The zero-order chi connectivity index (χ0) is 14.8. The van der Waals surface area contributed by atoms with E-state index in [4.69, 9.17) is 4.42 Å². The van der Waals surface area contributed by atoms with Gasteiger partial charge >= 0.3 is 0 Å². The molecule has 0 radical (unpaired) electrons. The first-order chi connectivity index (χ1) is 10.1. The standard InChI is InChI=1S/C15H14N4O2/c1-9-13(11-6-4-3-5-7-11)18-19-14(9)17-15(20)12-8-21-10(2)16-12/h3-8H,1-2H3,(H2,17,18,19,20). The molecule has 1 aromatic carbocycles. The van der Waals surface area contributed by atoms with Gasteiger partial charge in [0.25, 0.3) is 5.91 Å². The van der Waals surface area contributed by atoms with E-state index < -0.39 is 0 Å². The minimum Gasteiger partial charge on any atom is -0.448 e. The van der Waals surface area contributed by atoms with Gasteiger partial charge in [-0.25, -0.2) is 4.98 Å². The number of hydrogen-bond donors (Lipinski definition) is 2. The van der Waals surface area contributed by atoms with Crippen LogP contribution in [-0.4, -0.2) is 21.1 Å². The number of aromatic nitrogens is 3. The molecule has 21 heavy (non-hydrogen) atoms. The van der Waals surface area contributed by atoms with Crippen LogP contribution >= 0.6 is 0 Å². The van der Waals surface area contributed by atoms with Crippen molar-refractivity contribution < 1.29 is 9.21 Å². The molecule has 6 nitrogen and oxygen atoms in total. The maximum Gasteiger partial charge on any atom is 0.278 e. The van der Waals surface area contributed by atoms with Crippen LogP contribution in [0.3, 0.4) is 0 Å². The third-order valence-electron chi connectivity index (χ3n) is 3.16. The molecule has 6 heteroatoms. The number of aromatic amines is 1. The van der Waals surface area contributed by atoms with Crippen molar-refractivity contribution in [3.63, 3.8) is 0 Å². The van der Waals surface area contributed by atoms with Crippen molar-refractivity contribution in [1.82, 2.24) is 15.2 Å². The molecule has 0 fully saturated rings. The van der Waals surface area contributed by atoms with E-state index in [2.05, 4.69) is 20.5 Å². The van der Waals surface area contributed by atoms with Gasteiger partial charge in [-0.15, -0.1) is 0 Å². The van der Waals surface area contributed by atoms with E-state index in [-0.39, 0.29) is 11.6 Å². The molecule has 0 aliphatic carbocycles. The zero-order valence-corrected chi connectivity index (χ0v) is 11.7. The van der Waals surface area contributed by atoms with Crippen molar-refractivity contribution in [3.05, 3.63) is 53.7 Å². The molecule has 0 bridgehead atoms. The van der Waals surface area contributed by atoms with Crippen LogP contribution in [0.5, 0.6) is 0 Å². The van der Waals surface area contributed by atoms with Crippen LogP contribution in [0.25, 0.3) is 11.3 Å². The van der Waals surface area contributed by atoms with Gasteiger partial charge in [0.2, 0.25) is 0 Å². The third-order valence-corrected chi connectivity index (χ3v) is 3.16. The highest BCUT2D eigenvalue weighted by Gasteiger charge is 2.16. The molecule has 2 heterocycles. The summed E-state index contributed by atoms with van der Waals surface area (Å²) in [5.41, 5.74) is 2.99. The van der Waals surface area contributed by atoms with Crippen LogP contribution in [0.1, 0.15) is 21.9 Å². The number of oxazole rings is 1. The quantitative estimate of drug-likeness (QED) is 0.773. The summed E-state index contributed by atoms with van der Waals surface area (Å²) in [6.07, 6.45) is 1.32. The maximum atomic E-state index is 12.0. The fourth-order valence-electron chi connectivity index (χ4n) is 2.04. The van der Waals surface area contributed by atoms with E-state index in [1.165, 1.54) is 6.26 Å². The lowest BCUT2D eigenvalue weighted by Crippen LogP contribution is -2.13. The molecular weight excluding hydrogens is 268 g/mol. The summed E-state index contributed by atoms with van der Waals surface area (Å²) in [7, 11) is 0. The average molecular weight is 282 g/mol. The Labute approximate surface area is 121 Å². The number of aryl methyl sites for hydroxylation is 1. The predicted molar refractivity (Wildman–Crippen MR) is 78.0 cm³/mol. The van der Waals surface area contributed by atoms with Gasteiger partial charge in [0.15, 0.2) is 17.4 Å². The highest BCUT2D eigenvalue weighted by molar-refractivity contribution is 6.02. The van der Waals surface area contributed by atoms with E-state index in [1.807, 2.05) is 37.3 Å². The highest BCUT2D eigenvalue weighted by Crippen LogP contribution is 2.25. The summed E-state index contributed by atoms with van der Waals surface area (Å²) in [4.78, 5) is 16.0. The monoisotopic (exact) mass is 282 g/mol. The Balaban J connectivity index is 1.85. The second-order valence-electron chi connectivity index (χ2n) is 4.64. The number of rotatable bonds is 3. The Morgan fingerprint density at radius 2 is 2.00 bits per heavy atom. The molecule has 0 atom stereocenters. The van der Waals surface area contributed by atoms with Gasteiger partial charge in [0, 0.05) is 12.5 Å². The lowest BCUT2D eigenvalue weighted by molar-refractivity contribution is 0.102. The van der Waals surface area contributed by atoms with Gasteiger partial charge in [0.05, 0.1) is 5.69 Å². The van der Waals surface area contributed by atoms with E-state index in [0.717, 1.165) is 16.8 Å². The second kappa shape index (κ2) is 5.24. The van der Waals surface area contributed by atoms with E-state index in [1.54, 1.807) is 6.92 Å². The summed E-state index contributed by atoms with van der Waals surface area (Å²) in [6, 6.07) is 9.81. The molecule has 2 aromatic heterocycles. The van der Waals surface area contributed by atoms with Crippen LogP contribution in [0, 0.1) is 13.8 Å². The Kier molecular flexibility index (Phi) is 3.27. The van der Waals surface area contributed by atoms with Gasteiger partial charge in [-0.1, -0.05) is 30.3 Å². The molecule has 0 aliphatic rings. The van der Waals surface area contributed by atoms with E-state index >= 15 is 0 Å². The van der Waals surface area contributed by atoms with Gasteiger partial charge in [-0.2, -0.15) is 5.10 Å². The van der Waals surface area contributed by atoms with Crippen molar-refractivity contribution in [2.24, 2.45) is 0 Å². The molecule has 3 rings (SSSR count). The van der Waals surface area contributed by atoms with Crippen molar-refractivity contribution in [3.8, 4) is 11.3 Å². The Bertz CT molecular complexity index is 774. The lowest BCUT2D eigenvalue weighted by atomic mass is 10.1. The number of anilines is 1. The summed E-state index contributed by atoms with van der Waals surface area (Å²) in [5.74, 6) is 0.587. The molecule has 0 unspecified atom stereocenters. The molecule has 1 amide bonds. The van der Waals surface area contributed by atoms with Gasteiger partial charge < -0.3 is 9.73 Å². The first kappa shape index (κ1) is 13.1. The van der Waals surface area contributed by atoms with Crippen LogP contribution in [0.2, 0.25) is 0 Å². The number of nitrogens with one attached hydrogen (secondary N) is 2. The Morgan fingerprint density at radius 1 is 1.24 bits per heavy atom. The highest BCUT2D eigenvalue weighted by atomic mass is 16.3. The number of H-pyrrole nitrogens is 1. The van der Waals surface area contributed by atoms with Crippen LogP contribution in [-0.2, 0) is 0 Å². The molecular formula is C15H14N4O2. The average Bonchev–Trinajstić information content (AvgIpc) is 3.07. The topological polar surface area (TPSA) is 83.8 Å². The van der Waals surface area contributed by atoms with Crippen molar-refractivity contribution in [1.29, 1.82) is 0 Å². The van der Waals surface area contributed by atoms with E-state index in [9.17, 15) is 4.79 Å². The first-order valence-corrected chi connectivity index (χ1v) is 6.49. The van der Waals surface area contributed by atoms with Crippen LogP contribution in [0.4, 0.5) is 5.82 Å². The lowest BCUT2D eigenvalue weighted by Gasteiger charge is -2.01. The molecule has 106 valence electrons. The second-order valence-corrected chi connectivity index (χ2v) is 4.64. The first-order valence-electron chi connectivity index (χ1n) is 6.49. The minimum atomic E-state index is -0.346. The fourth-order valence-corrected chi connectivity index (χ4v) is 2.04. The van der Waals surface area contributed by atoms with E-state index in [0.29, 0.717) is 11.7 Å². The van der Waals surface area contributed by atoms with Crippen molar-refractivity contribution >= 4 is 11.7 Å². The van der Waals surface area contributed by atoms with Crippen molar-refractivity contribution in [2.75, 3.05) is 5.32 Å².